The van der Waals surface area contributed by atoms with Crippen LogP contribution in [0, 0.1) is 6.92 Å². The lowest BCUT2D eigenvalue weighted by Crippen LogP contribution is -2.34. The summed E-state index contributed by atoms with van der Waals surface area (Å²) in [6.07, 6.45) is 14.7. The van der Waals surface area contributed by atoms with E-state index in [0.717, 1.165) is 62.3 Å². The zero-order chi connectivity index (χ0) is 22.8. The lowest BCUT2D eigenvalue weighted by molar-refractivity contribution is -0.126. The minimum absolute atomic E-state index is 0.100. The number of unbranched alkanes of at least 4 members (excludes halogenated alkanes) is 3. The Balaban J connectivity index is 1.53. The zero-order valence-corrected chi connectivity index (χ0v) is 19.7. The van der Waals surface area contributed by atoms with Crippen LogP contribution in [0.2, 0.25) is 0 Å². The highest BCUT2D eigenvalue weighted by atomic mass is 16.5. The van der Waals surface area contributed by atoms with Crippen LogP contribution in [0.1, 0.15) is 74.4 Å². The van der Waals surface area contributed by atoms with E-state index in [1.165, 1.54) is 11.1 Å². The third-order valence-electron chi connectivity index (χ3n) is 5.72. The molecule has 0 bridgehead atoms. The van der Waals surface area contributed by atoms with Crippen LogP contribution in [0.5, 0.6) is 5.75 Å². The molecule has 0 N–H and O–H groups in total. The molecule has 3 rings (SSSR count). The van der Waals surface area contributed by atoms with Crippen molar-refractivity contribution in [3.05, 3.63) is 64.9 Å². The number of aryl methyl sites for hydroxylation is 1. The van der Waals surface area contributed by atoms with E-state index in [0.29, 0.717) is 25.5 Å². The molecule has 32 heavy (non-hydrogen) atoms. The van der Waals surface area contributed by atoms with Crippen LogP contribution in [0.3, 0.4) is 0 Å². The maximum Gasteiger partial charge on any atom is 0.246 e. The summed E-state index contributed by atoms with van der Waals surface area (Å²) in [5.41, 5.74) is 3.41. The molecular formula is C27H36N2O3. The highest BCUT2D eigenvalue weighted by Crippen LogP contribution is 2.24. The lowest BCUT2D eigenvalue weighted by atomic mass is 9.99. The van der Waals surface area contributed by atoms with Crippen LogP contribution in [-0.2, 0) is 24.2 Å². The van der Waals surface area contributed by atoms with Gasteiger partial charge in [-0.1, -0.05) is 51.3 Å². The highest BCUT2D eigenvalue weighted by Gasteiger charge is 2.19. The van der Waals surface area contributed by atoms with Crippen LogP contribution in [0.25, 0.3) is 6.08 Å². The summed E-state index contributed by atoms with van der Waals surface area (Å²) in [5, 5.41) is 0. The van der Waals surface area contributed by atoms with Crippen LogP contribution in [0.15, 0.2) is 40.8 Å². The molecule has 0 aliphatic carbocycles. The van der Waals surface area contributed by atoms with Crippen molar-refractivity contribution in [3.63, 3.8) is 0 Å². The largest absolute Gasteiger partial charge is 0.493 e. The molecule has 0 spiro atoms. The van der Waals surface area contributed by atoms with Crippen molar-refractivity contribution < 1.29 is 13.9 Å². The number of amides is 1. The second kappa shape index (κ2) is 12.3. The van der Waals surface area contributed by atoms with Gasteiger partial charge >= 0.3 is 0 Å². The summed E-state index contributed by atoms with van der Waals surface area (Å²) >= 11 is 0. The van der Waals surface area contributed by atoms with Gasteiger partial charge in [-0.25, -0.2) is 4.98 Å². The van der Waals surface area contributed by atoms with Gasteiger partial charge in [0.2, 0.25) is 11.8 Å². The molecule has 5 heteroatoms. The molecule has 1 aliphatic rings. The molecule has 172 valence electrons. The van der Waals surface area contributed by atoms with Crippen LogP contribution in [0.4, 0.5) is 0 Å². The fourth-order valence-corrected chi connectivity index (χ4v) is 3.79. The van der Waals surface area contributed by atoms with E-state index in [1.54, 1.807) is 6.08 Å². The van der Waals surface area contributed by atoms with E-state index in [2.05, 4.69) is 37.0 Å². The molecule has 1 amide bonds. The fraction of sp³-hybridized carbons (Fsp3) is 0.481. The molecule has 2 aromatic rings. The van der Waals surface area contributed by atoms with Crippen LogP contribution < -0.4 is 4.74 Å². The van der Waals surface area contributed by atoms with Gasteiger partial charge in [0.15, 0.2) is 0 Å². The number of aromatic nitrogens is 1. The molecule has 0 saturated carbocycles. The van der Waals surface area contributed by atoms with E-state index >= 15 is 0 Å². The number of hydrogen-bond donors (Lipinski definition) is 0. The number of hydrogen-bond acceptors (Lipinski definition) is 4. The summed E-state index contributed by atoms with van der Waals surface area (Å²) in [4.78, 5) is 19.0. The van der Waals surface area contributed by atoms with E-state index in [4.69, 9.17) is 9.15 Å². The van der Waals surface area contributed by atoms with Crippen molar-refractivity contribution in [1.82, 2.24) is 9.88 Å². The van der Waals surface area contributed by atoms with Gasteiger partial charge in [0.25, 0.3) is 0 Å². The van der Waals surface area contributed by atoms with Gasteiger partial charge < -0.3 is 14.1 Å². The maximum atomic E-state index is 12.5. The fourth-order valence-electron chi connectivity index (χ4n) is 3.79. The topological polar surface area (TPSA) is 55.6 Å². The van der Waals surface area contributed by atoms with Crippen molar-refractivity contribution >= 4 is 12.0 Å². The number of oxazole rings is 1. The Morgan fingerprint density at radius 3 is 2.88 bits per heavy atom. The number of allylic oxidation sites excluding steroid dienone is 2. The SMILES string of the molecule is CCC/C=C/c1nc(CCOc2ccc3c(c2)CN(C(=O)C=CCCCC)CC3)c(C)o1. The van der Waals surface area contributed by atoms with Gasteiger partial charge in [-0.15, -0.1) is 0 Å². The first-order valence-electron chi connectivity index (χ1n) is 11.9. The van der Waals surface area contributed by atoms with Gasteiger partial charge in [0.1, 0.15) is 11.5 Å². The van der Waals surface area contributed by atoms with Crippen molar-refractivity contribution in [2.75, 3.05) is 13.2 Å². The van der Waals surface area contributed by atoms with E-state index < -0.39 is 0 Å². The van der Waals surface area contributed by atoms with Gasteiger partial charge in [-0.3, -0.25) is 4.79 Å². The first kappa shape index (κ1) is 23.8. The van der Waals surface area contributed by atoms with Crippen LogP contribution >= 0.6 is 0 Å². The molecule has 0 radical (unpaired) electrons. The second-order valence-corrected chi connectivity index (χ2v) is 8.33. The Labute approximate surface area is 192 Å². The first-order chi connectivity index (χ1) is 15.6. The minimum atomic E-state index is 0.100. The molecule has 0 fully saturated rings. The predicted molar refractivity (Wildman–Crippen MR) is 129 cm³/mol. The number of carbonyl (C=O) groups is 1. The van der Waals surface area contributed by atoms with Crippen molar-refractivity contribution in [2.45, 2.75) is 72.3 Å². The summed E-state index contributed by atoms with van der Waals surface area (Å²) in [7, 11) is 0. The number of nitrogens with zero attached hydrogens (tertiary/aromatic N) is 2. The Morgan fingerprint density at radius 2 is 2.06 bits per heavy atom. The summed E-state index contributed by atoms with van der Waals surface area (Å²) in [6, 6.07) is 6.22. The number of ether oxygens (including phenoxy) is 1. The van der Waals surface area contributed by atoms with Gasteiger partial charge in [0.05, 0.1) is 12.3 Å². The van der Waals surface area contributed by atoms with Gasteiger partial charge in [-0.05, 0) is 61.6 Å². The molecular weight excluding hydrogens is 400 g/mol. The average molecular weight is 437 g/mol. The van der Waals surface area contributed by atoms with Gasteiger partial charge in [0, 0.05) is 19.5 Å². The summed E-state index contributed by atoms with van der Waals surface area (Å²) in [5.74, 6) is 2.44. The zero-order valence-electron chi connectivity index (χ0n) is 19.7. The highest BCUT2D eigenvalue weighted by molar-refractivity contribution is 5.87. The molecule has 0 saturated heterocycles. The molecule has 5 nitrogen and oxygen atoms in total. The average Bonchev–Trinajstić information content (AvgIpc) is 3.15. The van der Waals surface area contributed by atoms with Crippen molar-refractivity contribution in [2.24, 2.45) is 0 Å². The summed E-state index contributed by atoms with van der Waals surface area (Å²) < 4.78 is 11.7. The van der Waals surface area contributed by atoms with Crippen molar-refractivity contribution in [3.8, 4) is 5.75 Å². The lowest BCUT2D eigenvalue weighted by Gasteiger charge is -2.28. The third-order valence-corrected chi connectivity index (χ3v) is 5.72. The molecule has 1 aromatic carbocycles. The Kier molecular flexibility index (Phi) is 9.14. The van der Waals surface area contributed by atoms with Crippen LogP contribution in [-0.4, -0.2) is 28.9 Å². The number of fused-ring (bicyclic) bond motifs is 1. The Bertz CT molecular complexity index is 942. The first-order valence-corrected chi connectivity index (χ1v) is 11.9. The minimum Gasteiger partial charge on any atom is -0.493 e. The Morgan fingerprint density at radius 1 is 1.19 bits per heavy atom. The molecule has 0 atom stereocenters. The van der Waals surface area contributed by atoms with Gasteiger partial charge in [-0.2, -0.15) is 0 Å². The molecule has 1 aliphatic heterocycles. The third kappa shape index (κ3) is 6.84. The van der Waals surface area contributed by atoms with E-state index in [-0.39, 0.29) is 5.91 Å². The monoisotopic (exact) mass is 436 g/mol. The van der Waals surface area contributed by atoms with E-state index in [1.807, 2.05) is 30.0 Å². The molecule has 1 aromatic heterocycles. The smallest absolute Gasteiger partial charge is 0.246 e. The normalized spacial score (nSPS) is 13.8. The Hall–Kier alpha value is -2.82. The number of rotatable bonds is 11. The second-order valence-electron chi connectivity index (χ2n) is 8.33. The number of benzene rings is 1. The van der Waals surface area contributed by atoms with E-state index in [9.17, 15) is 4.79 Å². The maximum absolute atomic E-state index is 12.5. The molecule has 0 unspecified atom stereocenters. The number of carbonyl (C=O) groups excluding carboxylic acids is 1. The predicted octanol–water partition coefficient (Wildman–Crippen LogP) is 6.05. The summed E-state index contributed by atoms with van der Waals surface area (Å²) in [6.45, 7) is 8.19. The standard InChI is InChI=1S/C27H36N2O3/c1-4-6-8-10-12-27(30)29-17-15-22-13-14-24(19-23(22)20-29)31-18-16-25-21(3)32-26(28-25)11-9-7-5-2/h9-14,19H,4-8,15-18,20H2,1-3H3/b11-9+,12-10?. The quantitative estimate of drug-likeness (QED) is 0.318. The van der Waals surface area contributed by atoms with Crippen molar-refractivity contribution in [1.29, 1.82) is 0 Å². The molecule has 2 heterocycles.